The highest BCUT2D eigenvalue weighted by Gasteiger charge is 2.09. The van der Waals surface area contributed by atoms with Gasteiger partial charge in [0.15, 0.2) is 0 Å². The zero-order valence-corrected chi connectivity index (χ0v) is 16.3. The van der Waals surface area contributed by atoms with Gasteiger partial charge in [-0.2, -0.15) is 0 Å². The molecule has 144 valence electrons. The summed E-state index contributed by atoms with van der Waals surface area (Å²) in [4.78, 5) is 28.5. The number of aromatic hydroxyl groups is 1. The summed E-state index contributed by atoms with van der Waals surface area (Å²) in [5.74, 6) is -0.285. The van der Waals surface area contributed by atoms with Gasteiger partial charge in [-0.1, -0.05) is 29.8 Å². The molecule has 0 radical (unpaired) electrons. The van der Waals surface area contributed by atoms with Crippen molar-refractivity contribution < 1.29 is 14.7 Å². The number of thiazole rings is 1. The van der Waals surface area contributed by atoms with E-state index in [9.17, 15) is 14.7 Å². The molecule has 0 spiro atoms. The number of hydrogen-bond donors (Lipinski definition) is 3. The smallest absolute Gasteiger partial charge is 0.251 e. The Morgan fingerprint density at radius 2 is 1.68 bits per heavy atom. The summed E-state index contributed by atoms with van der Waals surface area (Å²) >= 11 is 1.52. The predicted molar refractivity (Wildman–Crippen MR) is 109 cm³/mol. The molecule has 6 nitrogen and oxygen atoms in total. The van der Waals surface area contributed by atoms with Crippen LogP contribution in [0.15, 0.2) is 53.9 Å². The van der Waals surface area contributed by atoms with Crippen LogP contribution in [0.1, 0.15) is 21.6 Å². The van der Waals surface area contributed by atoms with Gasteiger partial charge in [-0.15, -0.1) is 11.3 Å². The van der Waals surface area contributed by atoms with Gasteiger partial charge in [0.2, 0.25) is 5.91 Å². The van der Waals surface area contributed by atoms with Crippen LogP contribution >= 0.6 is 11.3 Å². The number of amides is 2. The Hall–Kier alpha value is -3.19. The number of carbonyl (C=O) groups is 2. The molecule has 0 saturated heterocycles. The molecular weight excluding hydrogens is 374 g/mol. The average molecular weight is 395 g/mol. The average Bonchev–Trinajstić information content (AvgIpc) is 3.14. The summed E-state index contributed by atoms with van der Waals surface area (Å²) in [6, 6.07) is 14.1. The fourth-order valence-electron chi connectivity index (χ4n) is 2.54. The lowest BCUT2D eigenvalue weighted by Gasteiger charge is -2.07. The Morgan fingerprint density at radius 3 is 2.39 bits per heavy atom. The van der Waals surface area contributed by atoms with E-state index in [1.807, 2.05) is 36.6 Å². The summed E-state index contributed by atoms with van der Waals surface area (Å²) in [5, 5.41) is 17.5. The molecule has 3 aromatic rings. The van der Waals surface area contributed by atoms with E-state index in [0.29, 0.717) is 18.7 Å². The molecule has 3 N–H and O–H groups in total. The van der Waals surface area contributed by atoms with Gasteiger partial charge in [-0.05, 0) is 31.2 Å². The monoisotopic (exact) mass is 395 g/mol. The van der Waals surface area contributed by atoms with Crippen molar-refractivity contribution in [2.75, 3.05) is 13.1 Å². The molecule has 0 aliphatic heterocycles. The lowest BCUT2D eigenvalue weighted by molar-refractivity contribution is -0.120. The summed E-state index contributed by atoms with van der Waals surface area (Å²) in [5.41, 5.74) is 3.41. The lowest BCUT2D eigenvalue weighted by Crippen LogP contribution is -2.35. The number of phenolic OH excluding ortho intramolecular Hbond substituents is 1. The molecule has 0 saturated carbocycles. The third kappa shape index (κ3) is 5.40. The van der Waals surface area contributed by atoms with Crippen LogP contribution in [0.2, 0.25) is 0 Å². The summed E-state index contributed by atoms with van der Waals surface area (Å²) < 4.78 is 0. The highest BCUT2D eigenvalue weighted by Crippen LogP contribution is 2.24. The first kappa shape index (κ1) is 19.6. The molecule has 0 aliphatic rings. The third-order valence-corrected chi connectivity index (χ3v) is 4.99. The number of rotatable bonds is 7. The fraction of sp³-hybridized carbons (Fsp3) is 0.190. The number of phenols is 1. The van der Waals surface area contributed by atoms with Crippen molar-refractivity contribution in [3.8, 4) is 16.3 Å². The minimum atomic E-state index is -0.253. The van der Waals surface area contributed by atoms with Gasteiger partial charge in [0.05, 0.1) is 12.1 Å². The van der Waals surface area contributed by atoms with Gasteiger partial charge < -0.3 is 15.7 Å². The van der Waals surface area contributed by atoms with Crippen molar-refractivity contribution in [3.63, 3.8) is 0 Å². The van der Waals surface area contributed by atoms with Crippen molar-refractivity contribution >= 4 is 23.2 Å². The Balaban J connectivity index is 1.41. The molecule has 3 rings (SSSR count). The number of aromatic nitrogens is 1. The Labute approximate surface area is 167 Å². The molecule has 2 aromatic carbocycles. The van der Waals surface area contributed by atoms with Crippen LogP contribution in [0.25, 0.3) is 10.6 Å². The predicted octanol–water partition coefficient (Wildman–Crippen LogP) is 2.91. The first-order valence-electron chi connectivity index (χ1n) is 8.86. The van der Waals surface area contributed by atoms with Gasteiger partial charge in [-0.25, -0.2) is 4.98 Å². The number of aryl methyl sites for hydroxylation is 1. The second-order valence-corrected chi connectivity index (χ2v) is 7.20. The number of nitrogens with one attached hydrogen (secondary N) is 2. The topological polar surface area (TPSA) is 91.3 Å². The van der Waals surface area contributed by atoms with Crippen molar-refractivity contribution in [2.45, 2.75) is 13.3 Å². The summed E-state index contributed by atoms with van der Waals surface area (Å²) in [6.07, 6.45) is 0.203. The van der Waals surface area contributed by atoms with Crippen LogP contribution in [0.4, 0.5) is 0 Å². The molecule has 28 heavy (non-hydrogen) atoms. The third-order valence-electron chi connectivity index (χ3n) is 4.05. The van der Waals surface area contributed by atoms with Crippen LogP contribution in [0.3, 0.4) is 0 Å². The lowest BCUT2D eigenvalue weighted by atomic mass is 10.2. The highest BCUT2D eigenvalue weighted by molar-refractivity contribution is 7.13. The molecule has 0 aliphatic carbocycles. The van der Waals surface area contributed by atoms with E-state index in [1.54, 1.807) is 0 Å². The van der Waals surface area contributed by atoms with Gasteiger partial charge in [0.1, 0.15) is 10.8 Å². The van der Waals surface area contributed by atoms with Crippen LogP contribution in [0.5, 0.6) is 5.75 Å². The van der Waals surface area contributed by atoms with E-state index in [2.05, 4.69) is 15.6 Å². The maximum Gasteiger partial charge on any atom is 0.251 e. The SMILES string of the molecule is Cc1ccc(-c2nc(CC(=O)NCCNC(=O)c3ccc(O)cc3)cs2)cc1. The van der Waals surface area contributed by atoms with Gasteiger partial charge in [-0.3, -0.25) is 9.59 Å². The van der Waals surface area contributed by atoms with E-state index in [0.717, 1.165) is 16.3 Å². The van der Waals surface area contributed by atoms with E-state index in [1.165, 1.54) is 41.2 Å². The largest absolute Gasteiger partial charge is 0.508 e. The van der Waals surface area contributed by atoms with Gasteiger partial charge >= 0.3 is 0 Å². The normalized spacial score (nSPS) is 10.5. The molecule has 7 heteroatoms. The first-order chi connectivity index (χ1) is 13.5. The highest BCUT2D eigenvalue weighted by atomic mass is 32.1. The second-order valence-electron chi connectivity index (χ2n) is 6.34. The van der Waals surface area contributed by atoms with Crippen LogP contribution < -0.4 is 10.6 Å². The zero-order valence-electron chi connectivity index (χ0n) is 15.4. The minimum Gasteiger partial charge on any atom is -0.508 e. The summed E-state index contributed by atoms with van der Waals surface area (Å²) in [7, 11) is 0. The molecule has 1 aromatic heterocycles. The van der Waals surface area contributed by atoms with Gasteiger partial charge in [0.25, 0.3) is 5.91 Å². The van der Waals surface area contributed by atoms with Crippen molar-refractivity contribution in [1.29, 1.82) is 0 Å². The molecular formula is C21H21N3O3S. The molecule has 0 unspecified atom stereocenters. The molecule has 0 bridgehead atoms. The second kappa shape index (κ2) is 9.14. The molecule has 0 atom stereocenters. The maximum atomic E-state index is 12.1. The van der Waals surface area contributed by atoms with Crippen LogP contribution in [-0.2, 0) is 11.2 Å². The van der Waals surface area contributed by atoms with Crippen molar-refractivity contribution in [3.05, 3.63) is 70.7 Å². The van der Waals surface area contributed by atoms with Crippen LogP contribution in [-0.4, -0.2) is 35.0 Å². The van der Waals surface area contributed by atoms with E-state index < -0.39 is 0 Å². The number of carbonyl (C=O) groups excluding carboxylic acids is 2. The summed E-state index contributed by atoms with van der Waals surface area (Å²) in [6.45, 7) is 2.68. The van der Waals surface area contributed by atoms with Gasteiger partial charge in [0, 0.05) is 29.6 Å². The van der Waals surface area contributed by atoms with E-state index in [4.69, 9.17) is 0 Å². The van der Waals surface area contributed by atoms with E-state index in [-0.39, 0.29) is 24.0 Å². The Kier molecular flexibility index (Phi) is 6.39. The van der Waals surface area contributed by atoms with E-state index >= 15 is 0 Å². The Morgan fingerprint density at radius 1 is 1.00 bits per heavy atom. The maximum absolute atomic E-state index is 12.1. The van der Waals surface area contributed by atoms with Crippen molar-refractivity contribution in [1.82, 2.24) is 15.6 Å². The Bertz CT molecular complexity index is 950. The fourth-order valence-corrected chi connectivity index (χ4v) is 3.36. The number of hydrogen-bond acceptors (Lipinski definition) is 5. The zero-order chi connectivity index (χ0) is 19.9. The first-order valence-corrected chi connectivity index (χ1v) is 9.74. The minimum absolute atomic E-state index is 0.108. The quantitative estimate of drug-likeness (QED) is 0.537. The molecule has 2 amide bonds. The van der Waals surface area contributed by atoms with Crippen molar-refractivity contribution in [2.24, 2.45) is 0 Å². The number of nitrogens with zero attached hydrogens (tertiary/aromatic N) is 1. The molecule has 0 fully saturated rings. The van der Waals surface area contributed by atoms with Crippen LogP contribution in [0, 0.1) is 6.92 Å². The number of benzene rings is 2. The standard InChI is InChI=1S/C21H21N3O3S/c1-14-2-4-16(5-3-14)21-24-17(13-28-21)12-19(26)22-10-11-23-20(27)15-6-8-18(25)9-7-15/h2-9,13,25H,10-12H2,1H3,(H,22,26)(H,23,27). The molecule has 1 heterocycles.